The average Bonchev–Trinajstić information content (AvgIpc) is 3.22. The quantitative estimate of drug-likeness (QED) is 0.676. The third-order valence-electron chi connectivity index (χ3n) is 4.07. The number of aryl methyl sites for hydroxylation is 2. The van der Waals surface area contributed by atoms with Crippen LogP contribution < -0.4 is 20.1 Å². The largest absolute Gasteiger partial charge is 0.496 e. The Morgan fingerprint density at radius 2 is 1.93 bits per heavy atom. The lowest BCUT2D eigenvalue weighted by molar-refractivity contribution is -0.115. The fourth-order valence-electron chi connectivity index (χ4n) is 2.80. The van der Waals surface area contributed by atoms with Crippen LogP contribution in [0.4, 0.5) is 5.13 Å². The summed E-state index contributed by atoms with van der Waals surface area (Å²) in [6, 6.07) is 5.28. The fourth-order valence-corrected chi connectivity index (χ4v) is 3.50. The van der Waals surface area contributed by atoms with Crippen molar-refractivity contribution in [1.29, 1.82) is 0 Å². The highest BCUT2D eigenvalue weighted by molar-refractivity contribution is 7.13. The summed E-state index contributed by atoms with van der Waals surface area (Å²) < 4.78 is 12.5. The van der Waals surface area contributed by atoms with Gasteiger partial charge in [0.25, 0.3) is 5.91 Å². The Morgan fingerprint density at radius 3 is 2.56 bits per heavy atom. The zero-order valence-electron chi connectivity index (χ0n) is 15.5. The molecule has 3 rings (SSSR count). The van der Waals surface area contributed by atoms with Gasteiger partial charge in [-0.3, -0.25) is 9.59 Å². The van der Waals surface area contributed by atoms with Gasteiger partial charge in [0.05, 0.1) is 32.0 Å². The van der Waals surface area contributed by atoms with E-state index in [1.807, 2.05) is 12.3 Å². The van der Waals surface area contributed by atoms with E-state index in [-0.39, 0.29) is 18.4 Å². The first-order valence-electron chi connectivity index (χ1n) is 8.15. The smallest absolute Gasteiger partial charge is 0.268 e. The maximum absolute atomic E-state index is 12.6. The molecule has 8 nitrogen and oxygen atoms in total. The van der Waals surface area contributed by atoms with E-state index in [9.17, 15) is 9.59 Å². The Kier molecular flexibility index (Phi) is 5.31. The summed E-state index contributed by atoms with van der Waals surface area (Å²) in [6.45, 7) is 1.68. The van der Waals surface area contributed by atoms with Crippen LogP contribution in [0.2, 0.25) is 0 Å². The lowest BCUT2D eigenvalue weighted by Gasteiger charge is -2.09. The second kappa shape index (κ2) is 7.67. The molecule has 142 valence electrons. The first-order valence-corrected chi connectivity index (χ1v) is 9.03. The van der Waals surface area contributed by atoms with E-state index in [2.05, 4.69) is 15.6 Å². The highest BCUT2D eigenvalue weighted by Crippen LogP contribution is 2.35. The number of thiazole rings is 1. The van der Waals surface area contributed by atoms with Gasteiger partial charge in [0.2, 0.25) is 5.91 Å². The summed E-state index contributed by atoms with van der Waals surface area (Å²) in [4.78, 5) is 28.8. The van der Waals surface area contributed by atoms with E-state index < -0.39 is 0 Å². The van der Waals surface area contributed by atoms with Crippen LogP contribution in [0.5, 0.6) is 11.5 Å². The van der Waals surface area contributed by atoms with Gasteiger partial charge in [-0.1, -0.05) is 0 Å². The maximum atomic E-state index is 12.6. The average molecular weight is 388 g/mol. The molecule has 3 aromatic rings. The predicted octanol–water partition coefficient (Wildman–Crippen LogP) is 2.33. The van der Waals surface area contributed by atoms with Gasteiger partial charge in [0.15, 0.2) is 5.13 Å². The van der Waals surface area contributed by atoms with E-state index >= 15 is 0 Å². The van der Waals surface area contributed by atoms with Crippen LogP contribution >= 0.6 is 11.3 Å². The molecule has 9 heteroatoms. The number of nitrogens with zero attached hydrogens (tertiary/aromatic N) is 2. The Morgan fingerprint density at radius 1 is 1.22 bits per heavy atom. The minimum Gasteiger partial charge on any atom is -0.496 e. The molecule has 0 aliphatic rings. The summed E-state index contributed by atoms with van der Waals surface area (Å²) in [5.41, 5.74) is 1.97. The van der Waals surface area contributed by atoms with Crippen molar-refractivity contribution in [3.05, 3.63) is 35.0 Å². The molecule has 0 spiro atoms. The molecule has 27 heavy (non-hydrogen) atoms. The van der Waals surface area contributed by atoms with Crippen molar-refractivity contribution in [3.63, 3.8) is 0 Å². The Balaban J connectivity index is 1.77. The number of nitrogens with one attached hydrogen (secondary N) is 2. The van der Waals surface area contributed by atoms with Gasteiger partial charge < -0.3 is 24.7 Å². The van der Waals surface area contributed by atoms with Crippen LogP contribution in [-0.2, 0) is 11.8 Å². The molecule has 0 atom stereocenters. The number of hydrogen-bond donors (Lipinski definition) is 2. The van der Waals surface area contributed by atoms with E-state index in [0.29, 0.717) is 22.3 Å². The molecule has 2 heterocycles. The topological polar surface area (TPSA) is 94.5 Å². The number of rotatable bonds is 6. The standard InChI is InChI=1S/C18H20N4O4S/c1-10-9-27-18(20-10)21-15(23)8-19-17(24)12-7-11-13(25-3)5-6-14(26-4)16(11)22(12)2/h5-7,9H,8H2,1-4H3,(H,19,24)(H,20,21,23). The van der Waals surface area contributed by atoms with E-state index in [0.717, 1.165) is 16.6 Å². The monoisotopic (exact) mass is 388 g/mol. The number of ether oxygens (including phenoxy) is 2. The Hall–Kier alpha value is -3.07. The van der Waals surface area contributed by atoms with Crippen molar-refractivity contribution >= 4 is 39.2 Å². The molecule has 0 aliphatic carbocycles. The fraction of sp³-hybridized carbons (Fsp3) is 0.278. The number of aromatic nitrogens is 2. The summed E-state index contributed by atoms with van der Waals surface area (Å²) >= 11 is 1.33. The normalized spacial score (nSPS) is 10.7. The van der Waals surface area contributed by atoms with Crippen molar-refractivity contribution < 1.29 is 19.1 Å². The summed E-state index contributed by atoms with van der Waals surface area (Å²) in [7, 11) is 4.90. The van der Waals surface area contributed by atoms with Gasteiger partial charge in [-0.15, -0.1) is 11.3 Å². The number of fused-ring (bicyclic) bond motifs is 1. The molecule has 2 amide bonds. The van der Waals surface area contributed by atoms with E-state index in [4.69, 9.17) is 9.47 Å². The molecule has 0 aliphatic heterocycles. The van der Waals surface area contributed by atoms with Crippen LogP contribution in [0.25, 0.3) is 10.9 Å². The molecule has 2 aromatic heterocycles. The zero-order valence-corrected chi connectivity index (χ0v) is 16.3. The number of methoxy groups -OCH3 is 2. The van der Waals surface area contributed by atoms with Gasteiger partial charge in [0, 0.05) is 17.8 Å². The highest BCUT2D eigenvalue weighted by atomic mass is 32.1. The molecule has 2 N–H and O–H groups in total. The SMILES string of the molecule is COc1ccc(OC)c2c1cc(C(=O)NCC(=O)Nc1nc(C)cs1)n2C. The molecular formula is C18H20N4O4S. The molecule has 0 radical (unpaired) electrons. The minimum absolute atomic E-state index is 0.159. The number of amides is 2. The third-order valence-corrected chi connectivity index (χ3v) is 4.94. The summed E-state index contributed by atoms with van der Waals surface area (Å²) in [5.74, 6) is 0.552. The second-order valence-electron chi connectivity index (χ2n) is 5.85. The molecule has 1 aromatic carbocycles. The lowest BCUT2D eigenvalue weighted by Crippen LogP contribution is -2.33. The number of hydrogen-bond acceptors (Lipinski definition) is 6. The predicted molar refractivity (Wildman–Crippen MR) is 104 cm³/mol. The number of benzene rings is 1. The van der Waals surface area contributed by atoms with Crippen molar-refractivity contribution in [2.24, 2.45) is 7.05 Å². The van der Waals surface area contributed by atoms with Gasteiger partial charge in [0.1, 0.15) is 17.2 Å². The maximum Gasteiger partial charge on any atom is 0.268 e. The molecule has 0 saturated carbocycles. The first-order chi connectivity index (χ1) is 12.9. The van der Waals surface area contributed by atoms with Gasteiger partial charge >= 0.3 is 0 Å². The number of carbonyl (C=O) groups excluding carboxylic acids is 2. The lowest BCUT2D eigenvalue weighted by atomic mass is 10.2. The van der Waals surface area contributed by atoms with Crippen LogP contribution in [0.15, 0.2) is 23.6 Å². The zero-order chi connectivity index (χ0) is 19.6. The Labute approximate surface area is 160 Å². The Bertz CT molecular complexity index is 1010. The number of carbonyl (C=O) groups is 2. The van der Waals surface area contributed by atoms with Crippen molar-refractivity contribution in [3.8, 4) is 11.5 Å². The number of anilines is 1. The highest BCUT2D eigenvalue weighted by Gasteiger charge is 2.19. The van der Waals surface area contributed by atoms with Gasteiger partial charge in [-0.05, 0) is 25.1 Å². The van der Waals surface area contributed by atoms with Gasteiger partial charge in [-0.2, -0.15) is 0 Å². The third kappa shape index (κ3) is 3.72. The van der Waals surface area contributed by atoms with E-state index in [1.54, 1.807) is 44.0 Å². The van der Waals surface area contributed by atoms with E-state index in [1.165, 1.54) is 11.3 Å². The molecule has 0 fully saturated rings. The second-order valence-corrected chi connectivity index (χ2v) is 6.70. The van der Waals surface area contributed by atoms with Crippen LogP contribution in [0.1, 0.15) is 16.2 Å². The van der Waals surface area contributed by atoms with Crippen molar-refractivity contribution in [1.82, 2.24) is 14.9 Å². The van der Waals surface area contributed by atoms with Crippen LogP contribution in [0, 0.1) is 6.92 Å². The van der Waals surface area contributed by atoms with Crippen LogP contribution in [-0.4, -0.2) is 42.1 Å². The first kappa shape index (κ1) is 18.7. The molecular weight excluding hydrogens is 368 g/mol. The van der Waals surface area contributed by atoms with Crippen molar-refractivity contribution in [2.75, 3.05) is 26.1 Å². The molecule has 0 bridgehead atoms. The van der Waals surface area contributed by atoms with Crippen molar-refractivity contribution in [2.45, 2.75) is 6.92 Å². The summed E-state index contributed by atoms with van der Waals surface area (Å²) in [5, 5.41) is 8.38. The van der Waals surface area contributed by atoms with Gasteiger partial charge in [-0.25, -0.2) is 4.98 Å². The minimum atomic E-state index is -0.372. The summed E-state index contributed by atoms with van der Waals surface area (Å²) in [6.07, 6.45) is 0. The molecule has 0 saturated heterocycles. The van der Waals surface area contributed by atoms with Crippen LogP contribution in [0.3, 0.4) is 0 Å². The molecule has 0 unspecified atom stereocenters.